The first-order chi connectivity index (χ1) is 8.52. The molecule has 19 heavy (non-hydrogen) atoms. The third-order valence-corrected chi connectivity index (χ3v) is 2.29. The lowest BCUT2D eigenvalue weighted by Gasteiger charge is -2.09. The Morgan fingerprint density at radius 2 is 2.21 bits per heavy atom. The molecule has 0 aromatic heterocycles. The Morgan fingerprint density at radius 1 is 1.53 bits per heavy atom. The summed E-state index contributed by atoms with van der Waals surface area (Å²) < 4.78 is 18.6. The van der Waals surface area contributed by atoms with Crippen LogP contribution in [0.1, 0.15) is 25.8 Å². The van der Waals surface area contributed by atoms with Crippen LogP contribution in [0.5, 0.6) is 5.75 Å². The van der Waals surface area contributed by atoms with Crippen LogP contribution in [-0.2, 0) is 11.3 Å². The maximum atomic E-state index is 13.5. The maximum absolute atomic E-state index is 13.5. The van der Waals surface area contributed by atoms with Gasteiger partial charge in [0.15, 0.2) is 11.6 Å². The van der Waals surface area contributed by atoms with E-state index in [-0.39, 0.29) is 43.1 Å². The molecule has 0 aliphatic heterocycles. The van der Waals surface area contributed by atoms with Crippen molar-refractivity contribution >= 4 is 18.3 Å². The van der Waals surface area contributed by atoms with Gasteiger partial charge < -0.3 is 15.8 Å². The number of halogens is 2. The predicted molar refractivity (Wildman–Crippen MR) is 74.9 cm³/mol. The molecule has 1 unspecified atom stereocenters. The molecule has 0 radical (unpaired) electrons. The molecule has 0 fully saturated rings. The fourth-order valence-corrected chi connectivity index (χ4v) is 1.49. The molecule has 0 saturated heterocycles. The molecule has 1 rings (SSSR count). The fourth-order valence-electron chi connectivity index (χ4n) is 1.49. The van der Waals surface area contributed by atoms with Crippen molar-refractivity contribution in [3.8, 4) is 5.75 Å². The number of nitrogens with one attached hydrogen (secondary N) is 1. The van der Waals surface area contributed by atoms with Gasteiger partial charge in [-0.25, -0.2) is 4.39 Å². The molecule has 0 spiro atoms. The summed E-state index contributed by atoms with van der Waals surface area (Å²) in [5.41, 5.74) is 6.19. The van der Waals surface area contributed by atoms with Crippen molar-refractivity contribution in [3.63, 3.8) is 0 Å². The quantitative estimate of drug-likeness (QED) is 0.842. The highest BCUT2D eigenvalue weighted by molar-refractivity contribution is 5.85. The molecule has 0 saturated carbocycles. The van der Waals surface area contributed by atoms with Crippen molar-refractivity contribution in [1.29, 1.82) is 0 Å². The number of amides is 1. The van der Waals surface area contributed by atoms with E-state index in [1.165, 1.54) is 6.07 Å². The van der Waals surface area contributed by atoms with Gasteiger partial charge in [-0.2, -0.15) is 0 Å². The van der Waals surface area contributed by atoms with Gasteiger partial charge in [0.1, 0.15) is 0 Å². The highest BCUT2D eigenvalue weighted by Crippen LogP contribution is 2.18. The van der Waals surface area contributed by atoms with Crippen LogP contribution in [0.2, 0.25) is 0 Å². The molecule has 3 N–H and O–H groups in total. The zero-order valence-corrected chi connectivity index (χ0v) is 11.9. The van der Waals surface area contributed by atoms with Crippen LogP contribution < -0.4 is 15.8 Å². The van der Waals surface area contributed by atoms with Gasteiger partial charge in [-0.05, 0) is 31.5 Å². The van der Waals surface area contributed by atoms with Crippen molar-refractivity contribution < 1.29 is 13.9 Å². The Bertz CT molecular complexity index is 414. The van der Waals surface area contributed by atoms with Crippen molar-refractivity contribution in [2.45, 2.75) is 32.9 Å². The molecule has 1 atom stereocenters. The maximum Gasteiger partial charge on any atom is 0.221 e. The molecule has 6 heteroatoms. The monoisotopic (exact) mass is 290 g/mol. The summed E-state index contributed by atoms with van der Waals surface area (Å²) in [6, 6.07) is 4.46. The molecule has 0 heterocycles. The third kappa shape index (κ3) is 6.40. The average molecular weight is 291 g/mol. The van der Waals surface area contributed by atoms with E-state index >= 15 is 0 Å². The van der Waals surface area contributed by atoms with E-state index in [1.807, 2.05) is 0 Å². The van der Waals surface area contributed by atoms with E-state index in [1.54, 1.807) is 26.0 Å². The zero-order valence-electron chi connectivity index (χ0n) is 11.1. The van der Waals surface area contributed by atoms with Crippen LogP contribution in [-0.4, -0.2) is 18.6 Å². The Hall–Kier alpha value is -1.33. The van der Waals surface area contributed by atoms with Crippen LogP contribution in [0.3, 0.4) is 0 Å². The first-order valence-corrected chi connectivity index (χ1v) is 5.96. The zero-order chi connectivity index (χ0) is 13.5. The van der Waals surface area contributed by atoms with E-state index in [4.69, 9.17) is 10.5 Å². The summed E-state index contributed by atoms with van der Waals surface area (Å²) in [6.45, 7) is 4.26. The van der Waals surface area contributed by atoms with Crippen LogP contribution in [0.15, 0.2) is 18.2 Å². The largest absolute Gasteiger partial charge is 0.491 e. The topological polar surface area (TPSA) is 64.3 Å². The molecule has 108 valence electrons. The summed E-state index contributed by atoms with van der Waals surface area (Å²) in [5.74, 6) is -0.335. The van der Waals surface area contributed by atoms with Crippen LogP contribution in [0, 0.1) is 5.82 Å². The number of hydrogen-bond acceptors (Lipinski definition) is 3. The first kappa shape index (κ1) is 17.7. The van der Waals surface area contributed by atoms with E-state index in [0.717, 1.165) is 0 Å². The van der Waals surface area contributed by atoms with E-state index in [0.29, 0.717) is 12.2 Å². The number of benzene rings is 1. The number of carbonyl (C=O) groups excluding carboxylic acids is 1. The molecule has 0 aliphatic carbocycles. The second-order valence-electron chi connectivity index (χ2n) is 4.16. The molecular weight excluding hydrogens is 271 g/mol. The minimum Gasteiger partial charge on any atom is -0.491 e. The Labute approximate surface area is 118 Å². The predicted octanol–water partition coefficient (Wildman–Crippen LogP) is 2.00. The first-order valence-electron chi connectivity index (χ1n) is 5.96. The van der Waals surface area contributed by atoms with Crippen molar-refractivity contribution in [3.05, 3.63) is 29.6 Å². The molecule has 0 bridgehead atoms. The second-order valence-corrected chi connectivity index (χ2v) is 4.16. The lowest BCUT2D eigenvalue weighted by Crippen LogP contribution is -2.29. The highest BCUT2D eigenvalue weighted by atomic mass is 35.5. The molecule has 1 amide bonds. The van der Waals surface area contributed by atoms with E-state index in [2.05, 4.69) is 5.32 Å². The van der Waals surface area contributed by atoms with Gasteiger partial charge in [0.05, 0.1) is 6.61 Å². The van der Waals surface area contributed by atoms with Crippen molar-refractivity contribution in [1.82, 2.24) is 5.32 Å². The number of nitrogens with two attached hydrogens (primary N) is 1. The third-order valence-electron chi connectivity index (χ3n) is 2.29. The summed E-state index contributed by atoms with van der Waals surface area (Å²) in [4.78, 5) is 11.4. The Morgan fingerprint density at radius 3 is 2.74 bits per heavy atom. The van der Waals surface area contributed by atoms with Crippen LogP contribution in [0.25, 0.3) is 0 Å². The van der Waals surface area contributed by atoms with E-state index in [9.17, 15) is 9.18 Å². The minimum absolute atomic E-state index is 0. The molecule has 0 aliphatic rings. The molecular formula is C13H20ClFN2O2. The number of hydrogen-bond donors (Lipinski definition) is 2. The van der Waals surface area contributed by atoms with E-state index < -0.39 is 5.82 Å². The fraction of sp³-hybridized carbons (Fsp3) is 0.462. The highest BCUT2D eigenvalue weighted by Gasteiger charge is 2.07. The Kier molecular flexibility index (Phi) is 8.11. The summed E-state index contributed by atoms with van der Waals surface area (Å²) in [6.07, 6.45) is 0.263. The number of ether oxygens (including phenoxy) is 1. The molecule has 4 nitrogen and oxygen atoms in total. The SMILES string of the molecule is CCOc1ccc(CNC(=O)CC(C)N)cc1F.Cl. The van der Waals surface area contributed by atoms with Gasteiger partial charge in [-0.3, -0.25) is 4.79 Å². The second kappa shape index (κ2) is 8.72. The van der Waals surface area contributed by atoms with Gasteiger partial charge in [-0.15, -0.1) is 12.4 Å². The van der Waals surface area contributed by atoms with Gasteiger partial charge >= 0.3 is 0 Å². The van der Waals surface area contributed by atoms with Crippen LogP contribution >= 0.6 is 12.4 Å². The molecule has 1 aromatic rings. The van der Waals surface area contributed by atoms with Crippen LogP contribution in [0.4, 0.5) is 4.39 Å². The summed E-state index contributed by atoms with van der Waals surface area (Å²) in [5, 5.41) is 2.68. The Balaban J connectivity index is 0.00000324. The normalized spacial score (nSPS) is 11.4. The molecule has 1 aromatic carbocycles. The number of carbonyl (C=O) groups is 1. The standard InChI is InChI=1S/C13H19FN2O2.ClH/c1-3-18-12-5-4-10(7-11(12)14)8-16-13(17)6-9(2)15;/h4-5,7,9H,3,6,8,15H2,1-2H3,(H,16,17);1H. The van der Waals surface area contributed by atoms with Gasteiger partial charge in [0.2, 0.25) is 5.91 Å². The summed E-state index contributed by atoms with van der Waals surface area (Å²) >= 11 is 0. The van der Waals surface area contributed by atoms with Gasteiger partial charge in [0, 0.05) is 19.0 Å². The lowest BCUT2D eigenvalue weighted by atomic mass is 10.2. The summed E-state index contributed by atoms with van der Waals surface area (Å²) in [7, 11) is 0. The van der Waals surface area contributed by atoms with Crippen molar-refractivity contribution in [2.75, 3.05) is 6.61 Å². The van der Waals surface area contributed by atoms with Gasteiger partial charge in [0.25, 0.3) is 0 Å². The number of rotatable bonds is 6. The van der Waals surface area contributed by atoms with Crippen molar-refractivity contribution in [2.24, 2.45) is 5.73 Å². The minimum atomic E-state index is -0.421. The lowest BCUT2D eigenvalue weighted by molar-refractivity contribution is -0.121. The average Bonchev–Trinajstić information content (AvgIpc) is 2.29. The smallest absolute Gasteiger partial charge is 0.221 e. The van der Waals surface area contributed by atoms with Gasteiger partial charge in [-0.1, -0.05) is 6.07 Å².